The first-order valence-corrected chi connectivity index (χ1v) is 2.88. The molecule has 0 radical (unpaired) electrons. The van der Waals surface area contributed by atoms with Gasteiger partial charge in [0.1, 0.15) is 6.61 Å². The highest BCUT2D eigenvalue weighted by molar-refractivity contribution is 5.67. The van der Waals surface area contributed by atoms with E-state index < -0.39 is 5.97 Å². The van der Waals surface area contributed by atoms with Crippen LogP contribution in [0, 0.1) is 0 Å². The molecule has 5 nitrogen and oxygen atoms in total. The summed E-state index contributed by atoms with van der Waals surface area (Å²) in [4.78, 5) is 9.84. The summed E-state index contributed by atoms with van der Waals surface area (Å²) < 4.78 is 4.62. The first kappa shape index (κ1) is 9.35. The number of hydrogen-bond acceptors (Lipinski definition) is 4. The number of hydrogen-bond donors (Lipinski definition) is 3. The molecule has 0 aromatic rings. The third-order valence-electron chi connectivity index (χ3n) is 0.761. The van der Waals surface area contributed by atoms with Gasteiger partial charge < -0.3 is 14.9 Å². The Bertz CT molecular complexity index is 95.6. The highest BCUT2D eigenvalue weighted by Crippen LogP contribution is 1.71. The van der Waals surface area contributed by atoms with E-state index in [4.69, 9.17) is 10.2 Å². The van der Waals surface area contributed by atoms with Gasteiger partial charge in [0.2, 0.25) is 0 Å². The second kappa shape index (κ2) is 6.47. The molecular weight excluding hydrogens is 138 g/mol. The Morgan fingerprint density at radius 2 is 2.30 bits per heavy atom. The summed E-state index contributed by atoms with van der Waals surface area (Å²) in [6.07, 6.45) is 0. The van der Waals surface area contributed by atoms with E-state index in [0.717, 1.165) is 0 Å². The van der Waals surface area contributed by atoms with Crippen LogP contribution in [0.4, 0.5) is 0 Å². The SMILES string of the molecule is O=C(O)COCCNCO. The summed E-state index contributed by atoms with van der Waals surface area (Å²) in [6, 6.07) is 0. The fraction of sp³-hybridized carbons (Fsp3) is 0.800. The predicted molar refractivity (Wildman–Crippen MR) is 33.5 cm³/mol. The minimum atomic E-state index is -0.982. The summed E-state index contributed by atoms with van der Waals surface area (Å²) in [5, 5.41) is 18.8. The van der Waals surface area contributed by atoms with Crippen LogP contribution in [-0.2, 0) is 9.53 Å². The van der Waals surface area contributed by atoms with Crippen molar-refractivity contribution in [3.63, 3.8) is 0 Å². The number of aliphatic carboxylic acids is 1. The van der Waals surface area contributed by atoms with Gasteiger partial charge in [0.05, 0.1) is 13.3 Å². The van der Waals surface area contributed by atoms with E-state index in [1.54, 1.807) is 0 Å². The Kier molecular flexibility index (Phi) is 6.05. The van der Waals surface area contributed by atoms with Gasteiger partial charge in [0.15, 0.2) is 0 Å². The number of rotatable bonds is 6. The lowest BCUT2D eigenvalue weighted by molar-refractivity contribution is -0.142. The van der Waals surface area contributed by atoms with Crippen LogP contribution in [0.15, 0.2) is 0 Å². The zero-order valence-corrected chi connectivity index (χ0v) is 5.54. The molecule has 0 bridgehead atoms. The van der Waals surface area contributed by atoms with Crippen molar-refractivity contribution in [2.45, 2.75) is 0 Å². The van der Waals surface area contributed by atoms with Crippen LogP contribution in [0.1, 0.15) is 0 Å². The monoisotopic (exact) mass is 149 g/mol. The maximum atomic E-state index is 9.84. The Morgan fingerprint density at radius 1 is 1.60 bits per heavy atom. The minimum absolute atomic E-state index is 0.115. The molecule has 0 heterocycles. The highest BCUT2D eigenvalue weighted by Gasteiger charge is 1.93. The van der Waals surface area contributed by atoms with Gasteiger partial charge in [0, 0.05) is 6.54 Å². The number of carboxylic acids is 1. The number of aliphatic hydroxyl groups is 1. The Hall–Kier alpha value is -0.650. The number of ether oxygens (including phenoxy) is 1. The van der Waals surface area contributed by atoms with Crippen LogP contribution in [0.3, 0.4) is 0 Å². The molecule has 0 rings (SSSR count). The molecule has 3 N–H and O–H groups in total. The van der Waals surface area contributed by atoms with Gasteiger partial charge in [-0.2, -0.15) is 0 Å². The quantitative estimate of drug-likeness (QED) is 0.320. The van der Waals surface area contributed by atoms with E-state index in [2.05, 4.69) is 10.1 Å². The third kappa shape index (κ3) is 7.35. The summed E-state index contributed by atoms with van der Waals surface area (Å²) in [5.74, 6) is -0.982. The molecule has 5 heteroatoms. The summed E-state index contributed by atoms with van der Waals surface area (Å²) in [6.45, 7) is 0.361. The van der Waals surface area contributed by atoms with Crippen molar-refractivity contribution in [3.8, 4) is 0 Å². The minimum Gasteiger partial charge on any atom is -0.480 e. The van der Waals surface area contributed by atoms with Crippen molar-refractivity contribution < 1.29 is 19.7 Å². The Morgan fingerprint density at radius 3 is 2.80 bits per heavy atom. The Balaban J connectivity index is 2.84. The average molecular weight is 149 g/mol. The van der Waals surface area contributed by atoms with Crippen molar-refractivity contribution in [3.05, 3.63) is 0 Å². The fourth-order valence-electron chi connectivity index (χ4n) is 0.383. The summed E-state index contributed by atoms with van der Waals surface area (Å²) in [5.41, 5.74) is 0. The molecule has 0 aliphatic heterocycles. The van der Waals surface area contributed by atoms with E-state index in [1.165, 1.54) is 0 Å². The molecule has 0 fully saturated rings. The molecule has 0 aromatic heterocycles. The maximum Gasteiger partial charge on any atom is 0.329 e. The van der Waals surface area contributed by atoms with Crippen molar-refractivity contribution >= 4 is 5.97 Å². The van der Waals surface area contributed by atoms with E-state index in [1.807, 2.05) is 0 Å². The van der Waals surface area contributed by atoms with Crippen LogP contribution in [-0.4, -0.2) is 42.7 Å². The van der Waals surface area contributed by atoms with Crippen molar-refractivity contribution in [1.29, 1.82) is 0 Å². The standard InChI is InChI=1S/C5H11NO4/c7-4-6-1-2-10-3-5(8)9/h6-7H,1-4H2,(H,8,9). The normalized spacial score (nSPS) is 9.70. The number of aliphatic hydroxyl groups excluding tert-OH is 1. The second-order valence-corrected chi connectivity index (χ2v) is 1.60. The highest BCUT2D eigenvalue weighted by atomic mass is 16.5. The molecule has 0 aromatic carbocycles. The Labute approximate surface area is 58.6 Å². The van der Waals surface area contributed by atoms with Crippen molar-refractivity contribution in [1.82, 2.24) is 5.32 Å². The van der Waals surface area contributed by atoms with E-state index in [-0.39, 0.29) is 13.3 Å². The molecule has 0 amide bonds. The van der Waals surface area contributed by atoms with Crippen LogP contribution < -0.4 is 5.32 Å². The van der Waals surface area contributed by atoms with Gasteiger partial charge in [-0.15, -0.1) is 0 Å². The molecule has 10 heavy (non-hydrogen) atoms. The van der Waals surface area contributed by atoms with Gasteiger partial charge >= 0.3 is 5.97 Å². The second-order valence-electron chi connectivity index (χ2n) is 1.60. The molecule has 0 aliphatic carbocycles. The van der Waals surface area contributed by atoms with Crippen molar-refractivity contribution in [2.75, 3.05) is 26.5 Å². The first-order valence-electron chi connectivity index (χ1n) is 2.88. The summed E-state index contributed by atoms with van der Waals surface area (Å²) >= 11 is 0. The molecule has 0 saturated heterocycles. The molecule has 0 saturated carbocycles. The van der Waals surface area contributed by atoms with Gasteiger partial charge in [-0.1, -0.05) is 0 Å². The number of carbonyl (C=O) groups is 1. The van der Waals surface area contributed by atoms with Crippen LogP contribution >= 0.6 is 0 Å². The lowest BCUT2D eigenvalue weighted by Gasteiger charge is -1.99. The van der Waals surface area contributed by atoms with Crippen LogP contribution in [0.5, 0.6) is 0 Å². The van der Waals surface area contributed by atoms with E-state index in [9.17, 15) is 4.79 Å². The predicted octanol–water partition coefficient (Wildman–Crippen LogP) is -1.37. The molecule has 0 unspecified atom stereocenters. The smallest absolute Gasteiger partial charge is 0.329 e. The van der Waals surface area contributed by atoms with Crippen LogP contribution in [0.25, 0.3) is 0 Å². The number of carboxylic acid groups (broad SMARTS) is 1. The van der Waals surface area contributed by atoms with Gasteiger partial charge in [-0.3, -0.25) is 5.32 Å². The zero-order chi connectivity index (χ0) is 7.82. The fourth-order valence-corrected chi connectivity index (χ4v) is 0.383. The average Bonchev–Trinajstić information content (AvgIpc) is 1.87. The van der Waals surface area contributed by atoms with Gasteiger partial charge in [-0.25, -0.2) is 4.79 Å². The largest absolute Gasteiger partial charge is 0.480 e. The first-order chi connectivity index (χ1) is 4.77. The maximum absolute atomic E-state index is 9.84. The molecule has 0 aliphatic rings. The van der Waals surface area contributed by atoms with Crippen molar-refractivity contribution in [2.24, 2.45) is 0 Å². The topological polar surface area (TPSA) is 78.8 Å². The molecule has 60 valence electrons. The van der Waals surface area contributed by atoms with Gasteiger partial charge in [0.25, 0.3) is 0 Å². The summed E-state index contributed by atoms with van der Waals surface area (Å²) in [7, 11) is 0. The van der Waals surface area contributed by atoms with E-state index >= 15 is 0 Å². The van der Waals surface area contributed by atoms with E-state index in [0.29, 0.717) is 13.2 Å². The molecular formula is C5H11NO4. The molecule has 0 spiro atoms. The zero-order valence-electron chi connectivity index (χ0n) is 5.54. The number of nitrogens with one attached hydrogen (secondary N) is 1. The molecule has 0 atom stereocenters. The third-order valence-corrected chi connectivity index (χ3v) is 0.761. The lowest BCUT2D eigenvalue weighted by atomic mass is 10.6. The van der Waals surface area contributed by atoms with Crippen LogP contribution in [0.2, 0.25) is 0 Å². The lowest BCUT2D eigenvalue weighted by Crippen LogP contribution is -2.21. The van der Waals surface area contributed by atoms with Gasteiger partial charge in [-0.05, 0) is 0 Å².